The molecule has 0 saturated heterocycles. The zero-order valence-electron chi connectivity index (χ0n) is 18.0. The number of hydrogen-bond acceptors (Lipinski definition) is 6. The molecule has 0 spiro atoms. The highest BCUT2D eigenvalue weighted by atomic mass is 32.1. The Morgan fingerprint density at radius 2 is 1.74 bits per heavy atom. The van der Waals surface area contributed by atoms with Gasteiger partial charge in [-0.3, -0.25) is 9.69 Å². The van der Waals surface area contributed by atoms with Gasteiger partial charge in [-0.25, -0.2) is 9.78 Å². The molecule has 6 nitrogen and oxygen atoms in total. The predicted molar refractivity (Wildman–Crippen MR) is 122 cm³/mol. The summed E-state index contributed by atoms with van der Waals surface area (Å²) in [6, 6.07) is 17.3. The largest absolute Gasteiger partial charge is 0.461 e. The van der Waals surface area contributed by atoms with Crippen LogP contribution in [0.5, 0.6) is 0 Å². The Bertz CT molecular complexity index is 1020. The van der Waals surface area contributed by atoms with Gasteiger partial charge in [0.05, 0.1) is 13.2 Å². The van der Waals surface area contributed by atoms with Crippen LogP contribution >= 0.6 is 11.3 Å². The van der Waals surface area contributed by atoms with Gasteiger partial charge in [0.25, 0.3) is 5.91 Å². The highest BCUT2D eigenvalue weighted by Gasteiger charge is 2.24. The molecular weight excluding hydrogens is 412 g/mol. The first kappa shape index (κ1) is 22.7. The summed E-state index contributed by atoms with van der Waals surface area (Å²) in [5.74, 6) is -0.633. The molecule has 0 bridgehead atoms. The van der Waals surface area contributed by atoms with Crippen LogP contribution in [0.15, 0.2) is 54.6 Å². The number of hydrogen-bond donors (Lipinski definition) is 0. The van der Waals surface area contributed by atoms with E-state index in [1.807, 2.05) is 49.4 Å². The monoisotopic (exact) mass is 438 g/mol. The van der Waals surface area contributed by atoms with Gasteiger partial charge in [0.15, 0.2) is 10.8 Å². The van der Waals surface area contributed by atoms with Gasteiger partial charge in [-0.15, -0.1) is 11.3 Å². The third-order valence-corrected chi connectivity index (χ3v) is 5.70. The number of ether oxygens (including phenoxy) is 2. The van der Waals surface area contributed by atoms with Crippen molar-refractivity contribution in [2.75, 3.05) is 25.2 Å². The van der Waals surface area contributed by atoms with E-state index in [9.17, 15) is 9.59 Å². The maximum atomic E-state index is 13.4. The molecule has 0 saturated carbocycles. The molecule has 0 unspecified atom stereocenters. The molecule has 1 aromatic heterocycles. The number of aromatic nitrogens is 1. The maximum Gasteiger partial charge on any atom is 0.358 e. The van der Waals surface area contributed by atoms with Crippen LogP contribution in [0.1, 0.15) is 43.8 Å². The highest BCUT2D eigenvalue weighted by molar-refractivity contribution is 7.16. The number of nitrogens with zero attached hydrogens (tertiary/aromatic N) is 2. The molecule has 0 atom stereocenters. The molecule has 162 valence electrons. The second-order valence-electron chi connectivity index (χ2n) is 6.94. The van der Waals surface area contributed by atoms with Gasteiger partial charge in [0, 0.05) is 24.1 Å². The molecule has 0 aliphatic heterocycles. The third kappa shape index (κ3) is 5.77. The van der Waals surface area contributed by atoms with E-state index in [0.29, 0.717) is 30.3 Å². The number of benzene rings is 2. The lowest BCUT2D eigenvalue weighted by Crippen LogP contribution is -2.33. The summed E-state index contributed by atoms with van der Waals surface area (Å²) in [4.78, 5) is 32.4. The predicted octanol–water partition coefficient (Wildman–Crippen LogP) is 4.66. The molecule has 3 rings (SSSR count). The van der Waals surface area contributed by atoms with Crippen molar-refractivity contribution < 1.29 is 19.1 Å². The Kier molecular flexibility index (Phi) is 7.92. The Morgan fingerprint density at radius 3 is 2.39 bits per heavy atom. The van der Waals surface area contributed by atoms with Gasteiger partial charge < -0.3 is 9.47 Å². The van der Waals surface area contributed by atoms with E-state index in [4.69, 9.17) is 9.47 Å². The molecule has 0 N–H and O–H groups in total. The van der Waals surface area contributed by atoms with Crippen molar-refractivity contribution in [1.29, 1.82) is 0 Å². The number of esters is 1. The molecule has 0 radical (unpaired) electrons. The van der Waals surface area contributed by atoms with Crippen molar-refractivity contribution in [3.05, 3.63) is 81.9 Å². The zero-order chi connectivity index (χ0) is 22.2. The molecule has 2 aromatic carbocycles. The fraction of sp³-hybridized carbons (Fsp3) is 0.292. The lowest BCUT2D eigenvalue weighted by Gasteiger charge is -2.20. The molecule has 1 heterocycles. The van der Waals surface area contributed by atoms with Gasteiger partial charge in [0.1, 0.15) is 0 Å². The fourth-order valence-corrected chi connectivity index (χ4v) is 4.04. The van der Waals surface area contributed by atoms with Gasteiger partial charge in [-0.1, -0.05) is 42.5 Å². The van der Waals surface area contributed by atoms with Crippen LogP contribution in [-0.4, -0.2) is 37.1 Å². The Hall–Kier alpha value is -3.03. The molecule has 1 amide bonds. The third-order valence-electron chi connectivity index (χ3n) is 4.71. The smallest absolute Gasteiger partial charge is 0.358 e. The number of anilines is 1. The number of aryl methyl sites for hydroxylation is 1. The van der Waals surface area contributed by atoms with Crippen molar-refractivity contribution in [3.63, 3.8) is 0 Å². The molecule has 7 heteroatoms. The van der Waals surface area contributed by atoms with Crippen LogP contribution in [0.2, 0.25) is 0 Å². The summed E-state index contributed by atoms with van der Waals surface area (Å²) < 4.78 is 10.2. The number of amides is 1. The number of rotatable bonds is 9. The van der Waals surface area contributed by atoms with Gasteiger partial charge >= 0.3 is 5.97 Å². The highest BCUT2D eigenvalue weighted by Crippen LogP contribution is 2.28. The molecule has 0 fully saturated rings. The summed E-state index contributed by atoms with van der Waals surface area (Å²) in [6.07, 6.45) is 0.668. The SMILES string of the molecule is CCOC(=O)c1nc(N(CCc2ccccc2)C(=O)c2ccc(COC)cc2)sc1C. The Labute approximate surface area is 186 Å². The van der Waals surface area contributed by atoms with Crippen LogP contribution in [0.25, 0.3) is 0 Å². The summed E-state index contributed by atoms with van der Waals surface area (Å²) in [6.45, 7) is 4.77. The standard InChI is InChI=1S/C24H26N2O4S/c1-4-30-23(28)21-17(2)31-24(25-21)26(15-14-18-8-6-5-7-9-18)22(27)20-12-10-19(11-13-20)16-29-3/h5-13H,4,14-16H2,1-3H3. The molecule has 31 heavy (non-hydrogen) atoms. The van der Waals surface area contributed by atoms with Crippen LogP contribution in [0.4, 0.5) is 5.13 Å². The van der Waals surface area contributed by atoms with E-state index in [1.54, 1.807) is 31.1 Å². The second kappa shape index (κ2) is 10.8. The maximum absolute atomic E-state index is 13.4. The van der Waals surface area contributed by atoms with Gasteiger partial charge in [-0.05, 0) is 43.5 Å². The van der Waals surface area contributed by atoms with Gasteiger partial charge in [-0.2, -0.15) is 0 Å². The molecule has 0 aliphatic carbocycles. The van der Waals surface area contributed by atoms with E-state index in [1.165, 1.54) is 11.3 Å². The van der Waals surface area contributed by atoms with Gasteiger partial charge in [0.2, 0.25) is 0 Å². The summed E-state index contributed by atoms with van der Waals surface area (Å²) >= 11 is 1.32. The Morgan fingerprint density at radius 1 is 1.03 bits per heavy atom. The van der Waals surface area contributed by atoms with E-state index >= 15 is 0 Å². The summed E-state index contributed by atoms with van der Waals surface area (Å²) in [5, 5.41) is 0.488. The second-order valence-corrected chi connectivity index (χ2v) is 8.13. The molecule has 0 aliphatic rings. The van der Waals surface area contributed by atoms with E-state index < -0.39 is 5.97 Å². The van der Waals surface area contributed by atoms with Crippen molar-refractivity contribution in [3.8, 4) is 0 Å². The van der Waals surface area contributed by atoms with Crippen LogP contribution in [-0.2, 0) is 22.5 Å². The first-order valence-electron chi connectivity index (χ1n) is 10.1. The van der Waals surface area contributed by atoms with Crippen molar-refractivity contribution in [2.45, 2.75) is 26.9 Å². The average Bonchev–Trinajstić information content (AvgIpc) is 3.17. The minimum atomic E-state index is -0.470. The normalized spacial score (nSPS) is 10.7. The lowest BCUT2D eigenvalue weighted by atomic mass is 10.1. The average molecular weight is 439 g/mol. The quantitative estimate of drug-likeness (QED) is 0.454. The fourth-order valence-electron chi connectivity index (χ4n) is 3.12. The van der Waals surface area contributed by atoms with Crippen molar-refractivity contribution in [1.82, 2.24) is 4.98 Å². The number of thiazole rings is 1. The van der Waals surface area contributed by atoms with E-state index in [2.05, 4.69) is 4.98 Å². The molecular formula is C24H26N2O4S. The van der Waals surface area contributed by atoms with Crippen molar-refractivity contribution >= 4 is 28.3 Å². The van der Waals surface area contributed by atoms with Crippen molar-refractivity contribution in [2.24, 2.45) is 0 Å². The van der Waals surface area contributed by atoms with E-state index in [-0.39, 0.29) is 18.2 Å². The molecule has 3 aromatic rings. The first-order chi connectivity index (χ1) is 15.0. The first-order valence-corrected chi connectivity index (χ1v) is 10.9. The van der Waals surface area contributed by atoms with Crippen LogP contribution < -0.4 is 4.90 Å². The lowest BCUT2D eigenvalue weighted by molar-refractivity contribution is 0.0519. The number of carbonyl (C=O) groups excluding carboxylic acids is 2. The number of methoxy groups -OCH3 is 1. The summed E-state index contributed by atoms with van der Waals surface area (Å²) in [7, 11) is 1.64. The summed E-state index contributed by atoms with van der Waals surface area (Å²) in [5.41, 5.74) is 2.92. The Balaban J connectivity index is 1.89. The minimum absolute atomic E-state index is 0.163. The van der Waals surface area contributed by atoms with E-state index in [0.717, 1.165) is 16.0 Å². The van der Waals surface area contributed by atoms with Crippen LogP contribution in [0, 0.1) is 6.92 Å². The zero-order valence-corrected chi connectivity index (χ0v) is 18.8. The topological polar surface area (TPSA) is 68.7 Å². The van der Waals surface area contributed by atoms with Crippen LogP contribution in [0.3, 0.4) is 0 Å². The number of carbonyl (C=O) groups is 2. The minimum Gasteiger partial charge on any atom is -0.461 e.